The van der Waals surface area contributed by atoms with Gasteiger partial charge in [-0.05, 0) is 70.4 Å². The number of fused-ring (bicyclic) bond motifs is 2. The summed E-state index contributed by atoms with van der Waals surface area (Å²) in [5.41, 5.74) is 3.30. The number of anilines is 2. The molecule has 5 rings (SSSR count). The first-order chi connectivity index (χ1) is 22.8. The Morgan fingerprint density at radius 2 is 1.51 bits per heavy atom. The molecule has 16 heteroatoms. The van der Waals surface area contributed by atoms with E-state index in [1.807, 2.05) is 53.0 Å². The summed E-state index contributed by atoms with van der Waals surface area (Å²) in [6, 6.07) is 1.10. The van der Waals surface area contributed by atoms with Gasteiger partial charge in [-0.15, -0.1) is 0 Å². The summed E-state index contributed by atoms with van der Waals surface area (Å²) in [6.07, 6.45) is 9.94. The molecule has 0 aliphatic heterocycles. The van der Waals surface area contributed by atoms with E-state index in [0.717, 1.165) is 6.04 Å². The fourth-order valence-corrected chi connectivity index (χ4v) is 5.42. The number of nitrogens with one attached hydrogen (secondary N) is 4. The van der Waals surface area contributed by atoms with Crippen molar-refractivity contribution in [2.24, 2.45) is 0 Å². The van der Waals surface area contributed by atoms with Gasteiger partial charge < -0.3 is 30.2 Å². The van der Waals surface area contributed by atoms with E-state index in [4.69, 9.17) is 4.74 Å². The van der Waals surface area contributed by atoms with Crippen LogP contribution in [0.3, 0.4) is 0 Å². The van der Waals surface area contributed by atoms with Gasteiger partial charge in [0.2, 0.25) is 0 Å². The van der Waals surface area contributed by atoms with E-state index in [1.54, 1.807) is 37.2 Å². The lowest BCUT2D eigenvalue weighted by Gasteiger charge is -2.20. The molecule has 0 aliphatic carbocycles. The second kappa shape index (κ2) is 15.1. The van der Waals surface area contributed by atoms with Crippen molar-refractivity contribution in [2.45, 2.75) is 92.0 Å². The number of rotatable bonds is 9. The van der Waals surface area contributed by atoms with Crippen LogP contribution in [-0.2, 0) is 11.5 Å². The average Bonchev–Trinajstić information content (AvgIpc) is 3.56. The maximum Gasteiger partial charge on any atom is 0.255 e. The van der Waals surface area contributed by atoms with Gasteiger partial charge >= 0.3 is 0 Å². The summed E-state index contributed by atoms with van der Waals surface area (Å²) >= 11 is 3.33. The van der Waals surface area contributed by atoms with E-state index in [9.17, 15) is 9.59 Å². The van der Waals surface area contributed by atoms with Gasteiger partial charge in [0.05, 0.1) is 41.6 Å². The molecule has 49 heavy (non-hydrogen) atoms. The van der Waals surface area contributed by atoms with E-state index in [-0.39, 0.29) is 22.9 Å². The molecule has 0 unspecified atom stereocenters. The van der Waals surface area contributed by atoms with Crippen LogP contribution in [-0.4, -0.2) is 77.0 Å². The molecule has 0 saturated heterocycles. The molecule has 0 atom stereocenters. The van der Waals surface area contributed by atoms with Crippen molar-refractivity contribution in [3.8, 4) is 0 Å². The van der Waals surface area contributed by atoms with Gasteiger partial charge in [-0.1, -0.05) is 19.6 Å². The quantitative estimate of drug-likeness (QED) is 0.0979. The molecule has 2 amide bonds. The molecule has 262 valence electrons. The number of aromatic nitrogens is 8. The van der Waals surface area contributed by atoms with Crippen LogP contribution in [0.25, 0.3) is 22.3 Å². The third-order valence-electron chi connectivity index (χ3n) is 6.66. The van der Waals surface area contributed by atoms with Crippen molar-refractivity contribution in [3.63, 3.8) is 0 Å². The van der Waals surface area contributed by atoms with Gasteiger partial charge in [0.15, 0.2) is 11.3 Å². The normalized spacial score (nSPS) is 12.1. The number of nitrogens with zero attached hydrogens (tertiary/aromatic N) is 7. The highest BCUT2D eigenvalue weighted by Gasteiger charge is 2.23. The number of halogens is 1. The first kappa shape index (κ1) is 37.5. The Balaban J connectivity index is 0.000000221. The van der Waals surface area contributed by atoms with Crippen LogP contribution in [0.1, 0.15) is 68.1 Å². The number of amides is 2. The van der Waals surface area contributed by atoms with Crippen LogP contribution in [0.15, 0.2) is 41.8 Å². The van der Waals surface area contributed by atoms with E-state index >= 15 is 0 Å². The van der Waals surface area contributed by atoms with Gasteiger partial charge in [-0.25, -0.2) is 29.9 Å². The zero-order chi connectivity index (χ0) is 36.1. The third-order valence-corrected chi connectivity index (χ3v) is 8.75. The molecule has 4 N–H and O–H groups in total. The van der Waals surface area contributed by atoms with E-state index < -0.39 is 8.07 Å². The molecule has 5 aromatic heterocycles. The fourth-order valence-electron chi connectivity index (χ4n) is 4.38. The summed E-state index contributed by atoms with van der Waals surface area (Å²) in [5.74, 6) is 0.845. The third kappa shape index (κ3) is 11.1. The Bertz CT molecular complexity index is 1920. The lowest BCUT2D eigenvalue weighted by atomic mass is 10.1. The van der Waals surface area contributed by atoms with Gasteiger partial charge in [-0.3, -0.25) is 9.59 Å². The SMILES string of the molecule is CC(C)(C)NC(=O)c1cn(COCC[Si](C)(C)C)c2ncc(Br)nc12.Cc1ncc(Nc2cnc3[nH]cc(C(=O)NC(C)(C)C)c3n2)cn1. The lowest BCUT2D eigenvalue weighted by Crippen LogP contribution is -2.40. The molecule has 5 heterocycles. The van der Waals surface area contributed by atoms with Crippen molar-refractivity contribution in [1.82, 2.24) is 50.1 Å². The minimum Gasteiger partial charge on any atom is -0.361 e. The molecule has 0 radical (unpaired) electrons. The number of hydrogen-bond acceptors (Lipinski definition) is 10. The Kier molecular flexibility index (Phi) is 11.6. The van der Waals surface area contributed by atoms with Crippen molar-refractivity contribution in [1.29, 1.82) is 0 Å². The van der Waals surface area contributed by atoms with Gasteiger partial charge in [0, 0.05) is 38.2 Å². The predicted octanol–water partition coefficient (Wildman–Crippen LogP) is 6.36. The number of aromatic amines is 1. The van der Waals surface area contributed by atoms with Crippen LogP contribution in [0.2, 0.25) is 25.7 Å². The molecule has 0 saturated carbocycles. The van der Waals surface area contributed by atoms with Crippen molar-refractivity contribution in [2.75, 3.05) is 11.9 Å². The Morgan fingerprint density at radius 3 is 2.12 bits per heavy atom. The van der Waals surface area contributed by atoms with Crippen LogP contribution in [0, 0.1) is 6.92 Å². The Hall–Kier alpha value is -4.28. The molecule has 0 bridgehead atoms. The minimum absolute atomic E-state index is 0.161. The number of carbonyl (C=O) groups excluding carboxylic acids is 2. The molecule has 5 aromatic rings. The summed E-state index contributed by atoms with van der Waals surface area (Å²) in [6.45, 7) is 21.5. The van der Waals surface area contributed by atoms with Crippen LogP contribution in [0.5, 0.6) is 0 Å². The van der Waals surface area contributed by atoms with Crippen molar-refractivity contribution < 1.29 is 14.3 Å². The molecular formula is C33H46BrN11O3Si. The molecule has 0 spiro atoms. The highest BCUT2D eigenvalue weighted by molar-refractivity contribution is 9.10. The molecular weight excluding hydrogens is 706 g/mol. The molecule has 0 aromatic carbocycles. The zero-order valence-electron chi connectivity index (χ0n) is 29.8. The second-order valence-electron chi connectivity index (χ2n) is 14.9. The topological polar surface area (TPSA) is 178 Å². The van der Waals surface area contributed by atoms with Crippen LogP contribution >= 0.6 is 15.9 Å². The fraction of sp³-hybridized carbons (Fsp3) is 0.455. The van der Waals surface area contributed by atoms with Crippen LogP contribution < -0.4 is 16.0 Å². The monoisotopic (exact) mass is 751 g/mol. The number of hydrogen-bond donors (Lipinski definition) is 4. The first-order valence-corrected chi connectivity index (χ1v) is 20.4. The number of carbonyl (C=O) groups is 2. The van der Waals surface area contributed by atoms with Gasteiger partial charge in [0.25, 0.3) is 11.8 Å². The second-order valence-corrected chi connectivity index (χ2v) is 21.4. The smallest absolute Gasteiger partial charge is 0.255 e. The maximum absolute atomic E-state index is 12.6. The Morgan fingerprint density at radius 1 is 0.878 bits per heavy atom. The molecule has 0 aliphatic rings. The highest BCUT2D eigenvalue weighted by atomic mass is 79.9. The highest BCUT2D eigenvalue weighted by Crippen LogP contribution is 2.22. The van der Waals surface area contributed by atoms with Gasteiger partial charge in [-0.2, -0.15) is 0 Å². The summed E-state index contributed by atoms with van der Waals surface area (Å²) < 4.78 is 8.26. The van der Waals surface area contributed by atoms with E-state index in [2.05, 4.69) is 86.4 Å². The summed E-state index contributed by atoms with van der Waals surface area (Å²) in [7, 11) is -1.13. The predicted molar refractivity (Wildman–Crippen MR) is 198 cm³/mol. The maximum atomic E-state index is 12.6. The minimum atomic E-state index is -1.13. The van der Waals surface area contributed by atoms with E-state index in [0.29, 0.717) is 68.7 Å². The number of ether oxygens (including phenoxy) is 1. The number of aryl methyl sites for hydroxylation is 1. The first-order valence-electron chi connectivity index (χ1n) is 15.9. The average molecular weight is 753 g/mol. The lowest BCUT2D eigenvalue weighted by molar-refractivity contribution is 0.0884. The summed E-state index contributed by atoms with van der Waals surface area (Å²) in [4.78, 5) is 53.9. The number of H-pyrrole nitrogens is 1. The zero-order valence-corrected chi connectivity index (χ0v) is 32.4. The standard InChI is InChI=1S/C17H27BrN4O2Si.C16H19N7O/c1-17(2,3)21-16(23)12-10-22(11-24-7-8-25(4,5)6)15-14(12)20-13(18)9-19-15;1-9-17-5-10(6-18-9)21-12-8-20-14-13(22-12)11(7-19-14)15(24)23-16(2,3)4/h9-10H,7-8,11H2,1-6H3,(H,21,23);5-8H,1-4H3,(H,19,20)(H,21,22)(H,23,24). The van der Waals surface area contributed by atoms with Crippen molar-refractivity contribution in [3.05, 3.63) is 58.7 Å². The van der Waals surface area contributed by atoms with E-state index in [1.165, 1.54) is 0 Å². The van der Waals surface area contributed by atoms with Crippen LogP contribution in [0.4, 0.5) is 11.5 Å². The molecule has 0 fully saturated rings. The molecule has 14 nitrogen and oxygen atoms in total. The Labute approximate surface area is 295 Å². The van der Waals surface area contributed by atoms with Crippen molar-refractivity contribution >= 4 is 69.7 Å². The van der Waals surface area contributed by atoms with Gasteiger partial charge in [0.1, 0.15) is 34.0 Å². The largest absolute Gasteiger partial charge is 0.361 e. The summed E-state index contributed by atoms with van der Waals surface area (Å²) in [5, 5.41) is 8.98.